The lowest BCUT2D eigenvalue weighted by molar-refractivity contribution is 0.102. The van der Waals surface area contributed by atoms with Gasteiger partial charge in [-0.25, -0.2) is 4.98 Å². The average Bonchev–Trinajstić information content (AvgIpc) is 2.70. The maximum absolute atomic E-state index is 11.5. The van der Waals surface area contributed by atoms with Crippen LogP contribution in [0.4, 0.5) is 10.9 Å². The van der Waals surface area contributed by atoms with Crippen molar-refractivity contribution in [2.24, 2.45) is 0 Å². The van der Waals surface area contributed by atoms with Crippen LogP contribution in [0.25, 0.3) is 0 Å². The lowest BCUT2D eigenvalue weighted by Gasteiger charge is -1.99. The summed E-state index contributed by atoms with van der Waals surface area (Å²) in [6.45, 7) is 0. The largest absolute Gasteiger partial charge is 0.382 e. The van der Waals surface area contributed by atoms with E-state index in [9.17, 15) is 4.79 Å². The summed E-state index contributed by atoms with van der Waals surface area (Å²) in [6.07, 6.45) is 2.66. The summed E-state index contributed by atoms with van der Waals surface area (Å²) in [5.41, 5.74) is 5.49. The van der Waals surface area contributed by atoms with Crippen molar-refractivity contribution in [1.82, 2.24) is 24.8 Å². The normalized spacial score (nSPS) is 9.87. The number of nitrogen functional groups attached to an aromatic ring is 1. The van der Waals surface area contributed by atoms with Gasteiger partial charge in [-0.3, -0.25) is 15.1 Å². The van der Waals surface area contributed by atoms with Crippen molar-refractivity contribution in [3.05, 3.63) is 18.1 Å². The van der Waals surface area contributed by atoms with Crippen molar-refractivity contribution in [2.75, 3.05) is 11.1 Å². The Kier molecular flexibility index (Phi) is 2.46. The van der Waals surface area contributed by atoms with Gasteiger partial charge in [0.2, 0.25) is 5.13 Å². The summed E-state index contributed by atoms with van der Waals surface area (Å²) in [6, 6.07) is 0. The van der Waals surface area contributed by atoms with Gasteiger partial charge in [-0.2, -0.15) is 0 Å². The molecular weight excluding hydrogens is 218 g/mol. The van der Waals surface area contributed by atoms with Gasteiger partial charge in [0.05, 0.1) is 12.4 Å². The van der Waals surface area contributed by atoms with Gasteiger partial charge in [0.1, 0.15) is 11.5 Å². The maximum Gasteiger partial charge on any atom is 0.277 e. The van der Waals surface area contributed by atoms with Crippen LogP contribution in [0.1, 0.15) is 10.5 Å². The molecule has 1 amide bonds. The Bertz CT molecular complexity index is 470. The molecule has 0 spiro atoms. The predicted octanol–water partition coefficient (Wildman–Crippen LogP) is -0.442. The van der Waals surface area contributed by atoms with Crippen molar-refractivity contribution >= 4 is 28.4 Å². The van der Waals surface area contributed by atoms with E-state index < -0.39 is 5.91 Å². The van der Waals surface area contributed by atoms with Crippen molar-refractivity contribution in [3.63, 3.8) is 0 Å². The van der Waals surface area contributed by atoms with Crippen LogP contribution in [0.5, 0.6) is 0 Å². The third kappa shape index (κ3) is 2.20. The number of aromatic nitrogens is 5. The molecule has 2 heterocycles. The number of carbonyl (C=O) groups excluding carboxylic acids is 1. The fourth-order valence-corrected chi connectivity index (χ4v) is 1.20. The van der Waals surface area contributed by atoms with E-state index in [1.54, 1.807) is 0 Å². The molecule has 9 heteroatoms. The van der Waals surface area contributed by atoms with Crippen molar-refractivity contribution in [2.45, 2.75) is 0 Å². The molecule has 0 aliphatic carbocycles. The molecule has 0 bridgehead atoms. The Labute approximate surface area is 87.7 Å². The van der Waals surface area contributed by atoms with Gasteiger partial charge in [0.25, 0.3) is 5.91 Å². The van der Waals surface area contributed by atoms with Crippen molar-refractivity contribution in [3.8, 4) is 0 Å². The fraction of sp³-hybridized carbons (Fsp3) is 0. The smallest absolute Gasteiger partial charge is 0.277 e. The molecule has 0 saturated heterocycles. The standard InChI is InChI=1S/C6H5N7OS/c7-4-2-8-1-3(9-4)5(14)10-6-11-12-13-15-6/h1-2H,(H2,7,9)(H,10,11,13,14). The maximum atomic E-state index is 11.5. The highest BCUT2D eigenvalue weighted by molar-refractivity contribution is 7.09. The van der Waals surface area contributed by atoms with Crippen LogP contribution >= 0.6 is 11.5 Å². The molecule has 3 N–H and O–H groups in total. The van der Waals surface area contributed by atoms with E-state index in [1.807, 2.05) is 0 Å². The van der Waals surface area contributed by atoms with Crippen molar-refractivity contribution < 1.29 is 4.79 Å². The Morgan fingerprint density at radius 1 is 1.47 bits per heavy atom. The topological polar surface area (TPSA) is 120 Å². The molecule has 15 heavy (non-hydrogen) atoms. The number of nitrogens with two attached hydrogens (primary N) is 1. The molecule has 0 saturated carbocycles. The predicted molar refractivity (Wildman–Crippen MR) is 52.1 cm³/mol. The lowest BCUT2D eigenvalue weighted by Crippen LogP contribution is -2.14. The monoisotopic (exact) mass is 223 g/mol. The quantitative estimate of drug-likeness (QED) is 0.707. The van der Waals surface area contributed by atoms with Crippen LogP contribution in [-0.2, 0) is 0 Å². The number of hydrogen-bond donors (Lipinski definition) is 2. The van der Waals surface area contributed by atoms with Gasteiger partial charge < -0.3 is 5.73 Å². The molecule has 0 aromatic carbocycles. The number of amides is 1. The highest BCUT2D eigenvalue weighted by Gasteiger charge is 2.10. The molecule has 2 rings (SSSR count). The summed E-state index contributed by atoms with van der Waals surface area (Å²) < 4.78 is 3.49. The van der Waals surface area contributed by atoms with Crippen LogP contribution in [0, 0.1) is 0 Å². The third-order valence-electron chi connectivity index (χ3n) is 1.41. The molecule has 8 nitrogen and oxygen atoms in total. The molecule has 0 atom stereocenters. The van der Waals surface area contributed by atoms with E-state index in [2.05, 4.69) is 30.1 Å². The second-order valence-electron chi connectivity index (χ2n) is 2.45. The van der Waals surface area contributed by atoms with E-state index >= 15 is 0 Å². The van der Waals surface area contributed by atoms with Crippen LogP contribution in [0.2, 0.25) is 0 Å². The lowest BCUT2D eigenvalue weighted by atomic mass is 10.4. The molecule has 2 aromatic heterocycles. The van der Waals surface area contributed by atoms with Gasteiger partial charge in [0.15, 0.2) is 0 Å². The highest BCUT2D eigenvalue weighted by Crippen LogP contribution is 2.07. The highest BCUT2D eigenvalue weighted by atomic mass is 32.1. The second-order valence-corrected chi connectivity index (χ2v) is 3.18. The Hall–Kier alpha value is -2.16. The first-order valence-electron chi connectivity index (χ1n) is 3.79. The number of carbonyl (C=O) groups is 1. The van der Waals surface area contributed by atoms with Gasteiger partial charge in [-0.05, 0) is 5.21 Å². The van der Waals surface area contributed by atoms with Crippen LogP contribution in [-0.4, -0.2) is 30.7 Å². The summed E-state index contributed by atoms with van der Waals surface area (Å²) >= 11 is 0.967. The molecule has 0 aliphatic heterocycles. The number of nitrogens with one attached hydrogen (secondary N) is 1. The van der Waals surface area contributed by atoms with Crippen LogP contribution in [0.15, 0.2) is 12.4 Å². The molecule has 0 fully saturated rings. The zero-order valence-electron chi connectivity index (χ0n) is 7.28. The van der Waals surface area contributed by atoms with Gasteiger partial charge in [-0.15, -0.1) is 0 Å². The average molecular weight is 223 g/mol. The molecule has 76 valence electrons. The van der Waals surface area contributed by atoms with Gasteiger partial charge >= 0.3 is 0 Å². The number of hydrogen-bond acceptors (Lipinski definition) is 8. The summed E-state index contributed by atoms with van der Waals surface area (Å²) in [5.74, 6) is -0.272. The van der Waals surface area contributed by atoms with Crippen molar-refractivity contribution in [1.29, 1.82) is 0 Å². The molecule has 0 unspecified atom stereocenters. The number of anilines is 2. The van der Waals surface area contributed by atoms with Crippen LogP contribution < -0.4 is 11.1 Å². The van der Waals surface area contributed by atoms with E-state index in [0.717, 1.165) is 11.5 Å². The van der Waals surface area contributed by atoms with E-state index in [4.69, 9.17) is 5.73 Å². The van der Waals surface area contributed by atoms with E-state index in [0.29, 0.717) is 5.13 Å². The summed E-state index contributed by atoms with van der Waals surface area (Å²) in [4.78, 5) is 19.0. The third-order valence-corrected chi connectivity index (χ3v) is 1.92. The first kappa shape index (κ1) is 9.40. The summed E-state index contributed by atoms with van der Waals surface area (Å²) in [7, 11) is 0. The minimum atomic E-state index is -0.451. The fourth-order valence-electron chi connectivity index (χ4n) is 0.833. The number of rotatable bonds is 2. The van der Waals surface area contributed by atoms with E-state index in [-0.39, 0.29) is 11.5 Å². The first-order valence-corrected chi connectivity index (χ1v) is 4.57. The molecule has 0 radical (unpaired) electrons. The molecular formula is C6H5N7OS. The zero-order valence-corrected chi connectivity index (χ0v) is 8.10. The minimum absolute atomic E-state index is 0.116. The van der Waals surface area contributed by atoms with E-state index in [1.165, 1.54) is 12.4 Å². The van der Waals surface area contributed by atoms with Gasteiger partial charge in [-0.1, -0.05) is 9.59 Å². The molecule has 2 aromatic rings. The van der Waals surface area contributed by atoms with Crippen LogP contribution in [0.3, 0.4) is 0 Å². The van der Waals surface area contributed by atoms with Gasteiger partial charge in [0, 0.05) is 11.5 Å². The minimum Gasteiger partial charge on any atom is -0.382 e. The Morgan fingerprint density at radius 2 is 2.33 bits per heavy atom. The Balaban J connectivity index is 2.15. The zero-order chi connectivity index (χ0) is 10.7. The SMILES string of the molecule is Nc1cncc(C(=O)Nc2nnns2)n1. The Morgan fingerprint density at radius 3 is 3.00 bits per heavy atom. The summed E-state index contributed by atoms with van der Waals surface area (Å²) in [5, 5.41) is 9.63. The number of nitrogens with zero attached hydrogens (tertiary/aromatic N) is 5. The molecule has 0 aliphatic rings. The first-order chi connectivity index (χ1) is 7.25. The second kappa shape index (κ2) is 3.92.